The predicted octanol–water partition coefficient (Wildman–Crippen LogP) is 2.94. The van der Waals surface area contributed by atoms with Gasteiger partial charge in [0.05, 0.1) is 0 Å². The molecule has 24 heavy (non-hydrogen) atoms. The van der Waals surface area contributed by atoms with Crippen LogP contribution < -0.4 is 0 Å². The Morgan fingerprint density at radius 3 is 2.21 bits per heavy atom. The van der Waals surface area contributed by atoms with Crippen molar-refractivity contribution in [3.05, 3.63) is 17.5 Å². The fourth-order valence-corrected chi connectivity index (χ4v) is 3.68. The van der Waals surface area contributed by atoms with E-state index in [0.717, 1.165) is 38.8 Å². The van der Waals surface area contributed by atoms with Gasteiger partial charge in [0.15, 0.2) is 0 Å². The lowest BCUT2D eigenvalue weighted by atomic mass is 9.91. The van der Waals surface area contributed by atoms with Gasteiger partial charge in [0.1, 0.15) is 17.5 Å². The number of carbonyl (C=O) groups is 2. The second-order valence-electron chi connectivity index (χ2n) is 6.72. The lowest BCUT2D eigenvalue weighted by Gasteiger charge is -2.36. The molecule has 2 aliphatic rings. The third-order valence-corrected chi connectivity index (χ3v) is 5.11. The molecule has 2 aliphatic heterocycles. The smallest absolute Gasteiger partial charge is 0.340 e. The molecule has 0 atom stereocenters. The third kappa shape index (κ3) is 3.71. The molecule has 2 fully saturated rings. The minimum absolute atomic E-state index is 0.0474. The number of hydrogen-bond acceptors (Lipinski definition) is 4. The maximum Gasteiger partial charge on any atom is 0.340 e. The highest BCUT2D eigenvalue weighted by molar-refractivity contribution is 5.88. The van der Waals surface area contributed by atoms with Gasteiger partial charge in [0.2, 0.25) is 0 Å². The van der Waals surface area contributed by atoms with Crippen molar-refractivity contribution in [2.24, 2.45) is 0 Å². The van der Waals surface area contributed by atoms with Gasteiger partial charge in [-0.25, -0.2) is 9.59 Å². The Labute approximate surface area is 141 Å². The molecule has 132 valence electrons. The number of piperidine rings is 1. The van der Waals surface area contributed by atoms with Crippen molar-refractivity contribution in [2.75, 3.05) is 26.2 Å². The van der Waals surface area contributed by atoms with Crippen LogP contribution in [0.15, 0.2) is 10.8 Å². The molecular formula is C17H25N3O4. The molecule has 0 unspecified atom stereocenters. The van der Waals surface area contributed by atoms with Crippen LogP contribution >= 0.6 is 0 Å². The Hall–Kier alpha value is -2.05. The third-order valence-electron chi connectivity index (χ3n) is 5.11. The first-order valence-electron chi connectivity index (χ1n) is 8.88. The van der Waals surface area contributed by atoms with Crippen molar-refractivity contribution in [2.45, 2.75) is 50.9 Å². The molecule has 2 amide bonds. The summed E-state index contributed by atoms with van der Waals surface area (Å²) in [6.07, 6.45) is 8.50. The molecule has 0 aromatic carbocycles. The highest BCUT2D eigenvalue weighted by Crippen LogP contribution is 2.30. The van der Waals surface area contributed by atoms with Gasteiger partial charge in [-0.2, -0.15) is 0 Å². The number of carbonyl (C=O) groups excluding carboxylic acids is 1. The summed E-state index contributed by atoms with van der Waals surface area (Å²) >= 11 is 0. The Morgan fingerprint density at radius 2 is 1.58 bits per heavy atom. The number of aromatic carboxylic acids is 1. The monoisotopic (exact) mass is 335 g/mol. The average molecular weight is 335 g/mol. The molecule has 0 spiro atoms. The van der Waals surface area contributed by atoms with Gasteiger partial charge in [-0.15, -0.1) is 0 Å². The molecule has 0 aliphatic carbocycles. The first-order chi connectivity index (χ1) is 11.7. The predicted molar refractivity (Wildman–Crippen MR) is 87.1 cm³/mol. The van der Waals surface area contributed by atoms with E-state index in [9.17, 15) is 14.7 Å². The van der Waals surface area contributed by atoms with Crippen molar-refractivity contribution >= 4 is 12.0 Å². The molecule has 3 rings (SSSR count). The molecular weight excluding hydrogens is 310 g/mol. The van der Waals surface area contributed by atoms with Crippen LogP contribution in [-0.2, 0) is 0 Å². The molecule has 1 aromatic heterocycles. The van der Waals surface area contributed by atoms with Crippen LogP contribution in [0.4, 0.5) is 4.79 Å². The molecule has 7 heteroatoms. The summed E-state index contributed by atoms with van der Waals surface area (Å²) in [5.41, 5.74) is 0.657. The maximum absolute atomic E-state index is 12.7. The highest BCUT2D eigenvalue weighted by Gasteiger charge is 2.30. The largest absolute Gasteiger partial charge is 0.478 e. The number of likely N-dealkylation sites (tertiary alicyclic amines) is 2. The maximum atomic E-state index is 12.7. The Bertz CT molecular complexity index is 570. The van der Waals surface area contributed by atoms with Gasteiger partial charge >= 0.3 is 12.0 Å². The van der Waals surface area contributed by atoms with Crippen LogP contribution in [0.5, 0.6) is 0 Å². The quantitative estimate of drug-likeness (QED) is 0.898. The topological polar surface area (TPSA) is 86.9 Å². The van der Waals surface area contributed by atoms with Crippen molar-refractivity contribution in [3.8, 4) is 0 Å². The van der Waals surface area contributed by atoms with E-state index in [0.29, 0.717) is 18.8 Å². The fraction of sp³-hybridized carbons (Fsp3) is 0.706. The number of nitrogens with zero attached hydrogens (tertiary/aromatic N) is 3. The Morgan fingerprint density at radius 1 is 1.00 bits per heavy atom. The number of hydrogen-bond donors (Lipinski definition) is 1. The van der Waals surface area contributed by atoms with E-state index in [4.69, 9.17) is 4.52 Å². The number of carboxylic acids is 1. The number of carboxylic acid groups (broad SMARTS) is 1. The second-order valence-corrected chi connectivity index (χ2v) is 6.72. The summed E-state index contributed by atoms with van der Waals surface area (Å²) in [6.45, 7) is 2.99. The van der Waals surface area contributed by atoms with Gasteiger partial charge < -0.3 is 19.4 Å². The van der Waals surface area contributed by atoms with Crippen molar-refractivity contribution in [1.29, 1.82) is 0 Å². The number of aromatic nitrogens is 1. The van der Waals surface area contributed by atoms with Crippen molar-refractivity contribution < 1.29 is 19.2 Å². The van der Waals surface area contributed by atoms with Gasteiger partial charge in [-0.1, -0.05) is 24.4 Å². The number of urea groups is 1. The zero-order valence-corrected chi connectivity index (χ0v) is 13.9. The van der Waals surface area contributed by atoms with E-state index in [2.05, 4.69) is 5.16 Å². The summed E-state index contributed by atoms with van der Waals surface area (Å²) in [7, 11) is 0. The van der Waals surface area contributed by atoms with Crippen LogP contribution in [-0.4, -0.2) is 58.2 Å². The molecule has 0 saturated carbocycles. The molecule has 1 aromatic rings. The second kappa shape index (κ2) is 7.68. The fourth-order valence-electron chi connectivity index (χ4n) is 3.68. The molecule has 0 radical (unpaired) electrons. The summed E-state index contributed by atoms with van der Waals surface area (Å²) in [4.78, 5) is 27.8. The lowest BCUT2D eigenvalue weighted by molar-refractivity contribution is 0.0693. The molecule has 2 saturated heterocycles. The number of rotatable bonds is 2. The van der Waals surface area contributed by atoms with E-state index in [1.807, 2.05) is 9.80 Å². The van der Waals surface area contributed by atoms with E-state index in [1.54, 1.807) is 0 Å². The average Bonchev–Trinajstić information content (AvgIpc) is 3.04. The van der Waals surface area contributed by atoms with Crippen LogP contribution in [0.2, 0.25) is 0 Å². The molecule has 3 heterocycles. The van der Waals surface area contributed by atoms with Crippen LogP contribution in [0, 0.1) is 0 Å². The zero-order valence-electron chi connectivity index (χ0n) is 13.9. The van der Waals surface area contributed by atoms with Crippen LogP contribution in [0.1, 0.15) is 66.9 Å². The Kier molecular flexibility index (Phi) is 5.37. The van der Waals surface area contributed by atoms with Gasteiger partial charge in [0, 0.05) is 32.1 Å². The summed E-state index contributed by atoms with van der Waals surface area (Å²) in [5.74, 6) is -0.961. The van der Waals surface area contributed by atoms with Crippen LogP contribution in [0.25, 0.3) is 0 Å². The van der Waals surface area contributed by atoms with Gasteiger partial charge in [-0.3, -0.25) is 0 Å². The van der Waals surface area contributed by atoms with E-state index >= 15 is 0 Å². The van der Waals surface area contributed by atoms with E-state index in [1.165, 1.54) is 25.5 Å². The van der Waals surface area contributed by atoms with Crippen molar-refractivity contribution in [1.82, 2.24) is 15.0 Å². The van der Waals surface area contributed by atoms with Gasteiger partial charge in [-0.05, 0) is 25.7 Å². The summed E-state index contributed by atoms with van der Waals surface area (Å²) < 4.78 is 4.84. The molecule has 0 bridgehead atoms. The Balaban J connectivity index is 1.57. The standard InChI is InChI=1S/C17H25N3O4/c21-16(22)14-12-24-18-15(14)13-6-10-20(11-7-13)17(23)19-8-4-2-1-3-5-9-19/h12-13H,1-11H2,(H,21,22). The molecule has 1 N–H and O–H groups in total. The van der Waals surface area contributed by atoms with Crippen LogP contribution in [0.3, 0.4) is 0 Å². The SMILES string of the molecule is O=C(O)c1conc1C1CCN(C(=O)N2CCCCCCC2)CC1. The zero-order chi connectivity index (χ0) is 16.9. The van der Waals surface area contributed by atoms with Crippen molar-refractivity contribution in [3.63, 3.8) is 0 Å². The molecule has 7 nitrogen and oxygen atoms in total. The minimum Gasteiger partial charge on any atom is -0.478 e. The summed E-state index contributed by atoms with van der Waals surface area (Å²) in [5, 5.41) is 13.0. The normalized spacial score (nSPS) is 20.5. The first-order valence-corrected chi connectivity index (χ1v) is 8.88. The van der Waals surface area contributed by atoms with E-state index < -0.39 is 5.97 Å². The van der Waals surface area contributed by atoms with E-state index in [-0.39, 0.29) is 17.5 Å². The lowest BCUT2D eigenvalue weighted by Crippen LogP contribution is -2.47. The first kappa shape index (κ1) is 16.8. The number of amides is 2. The summed E-state index contributed by atoms with van der Waals surface area (Å²) in [6, 6.07) is 0.133. The highest BCUT2D eigenvalue weighted by atomic mass is 16.5. The van der Waals surface area contributed by atoms with Gasteiger partial charge in [0.25, 0.3) is 0 Å². The minimum atomic E-state index is -1.01.